The van der Waals surface area contributed by atoms with E-state index in [4.69, 9.17) is 14.5 Å². The van der Waals surface area contributed by atoms with Gasteiger partial charge in [0.2, 0.25) is 6.79 Å². The Morgan fingerprint density at radius 1 is 1.07 bits per heavy atom. The first-order chi connectivity index (χ1) is 12.7. The molecule has 8 heteroatoms. The molecule has 0 aliphatic carbocycles. The van der Waals surface area contributed by atoms with Crippen molar-refractivity contribution in [1.82, 2.24) is 14.4 Å². The predicted octanol–water partition coefficient (Wildman–Crippen LogP) is 5.12. The number of imidazole rings is 1. The Morgan fingerprint density at radius 2 is 1.93 bits per heavy atom. The number of nitrogens with one attached hydrogen (secondary N) is 1. The van der Waals surface area contributed by atoms with E-state index in [9.17, 15) is 0 Å². The molecule has 0 saturated heterocycles. The highest BCUT2D eigenvalue weighted by Gasteiger charge is 2.16. The van der Waals surface area contributed by atoms with E-state index in [0.717, 1.165) is 45.0 Å². The molecule has 27 heavy (non-hydrogen) atoms. The van der Waals surface area contributed by atoms with Crippen LogP contribution < -0.4 is 14.8 Å². The lowest BCUT2D eigenvalue weighted by Crippen LogP contribution is -1.93. The third-order valence-electron chi connectivity index (χ3n) is 4.33. The summed E-state index contributed by atoms with van der Waals surface area (Å²) in [6.07, 6.45) is 2.05. The lowest BCUT2D eigenvalue weighted by Gasteiger charge is -2.04. The summed E-state index contributed by atoms with van der Waals surface area (Å²) in [5, 5.41) is 6.20. The molecule has 4 aromatic rings. The molecule has 0 amide bonds. The maximum absolute atomic E-state index is 5.42. The van der Waals surface area contributed by atoms with Crippen LogP contribution in [0.3, 0.4) is 0 Å². The molecule has 1 aliphatic rings. The van der Waals surface area contributed by atoms with E-state index < -0.39 is 0 Å². The van der Waals surface area contributed by atoms with Gasteiger partial charge in [0.25, 0.3) is 0 Å². The largest absolute Gasteiger partial charge is 0.454 e. The van der Waals surface area contributed by atoms with Gasteiger partial charge in [-0.05, 0) is 43.7 Å². The Morgan fingerprint density at radius 3 is 2.81 bits per heavy atom. The predicted molar refractivity (Wildman–Crippen MR) is 112 cm³/mol. The maximum atomic E-state index is 5.42. The van der Waals surface area contributed by atoms with Crippen LogP contribution in [0.4, 0.5) is 10.8 Å². The Bertz CT molecular complexity index is 1140. The summed E-state index contributed by atoms with van der Waals surface area (Å²) in [7, 11) is 0. The van der Waals surface area contributed by atoms with Crippen LogP contribution in [0.2, 0.25) is 0 Å². The van der Waals surface area contributed by atoms with Gasteiger partial charge >= 0.3 is 0 Å². The number of hydrogen-bond donors (Lipinski definition) is 1. The Hall–Kier alpha value is -2.58. The summed E-state index contributed by atoms with van der Waals surface area (Å²) in [6.45, 7) is 4.36. The van der Waals surface area contributed by atoms with Gasteiger partial charge in [-0.1, -0.05) is 0 Å². The molecule has 0 unspecified atom stereocenters. The molecular formula is C19H17BrN4O2S. The van der Waals surface area contributed by atoms with Crippen LogP contribution in [0.5, 0.6) is 11.5 Å². The molecule has 0 spiro atoms. The average molecular weight is 445 g/mol. The number of fused-ring (bicyclic) bond motifs is 2. The van der Waals surface area contributed by atoms with Crippen molar-refractivity contribution in [1.29, 1.82) is 0 Å². The minimum atomic E-state index is 0. The number of nitrogens with zero attached hydrogens (tertiary/aromatic N) is 3. The van der Waals surface area contributed by atoms with Gasteiger partial charge in [0, 0.05) is 23.3 Å². The molecule has 4 heterocycles. The standard InChI is InChI=1S/C19H16N4O2S.BrH/c1-11-5-6-23-17(7-11)20-12(2)18(23)14-9-26-19(22-14)21-13-3-4-15-16(8-13)25-10-24-15;/h3-9H,10H2,1-2H3,(H,21,22);1H. The molecular weight excluding hydrogens is 428 g/mol. The zero-order valence-electron chi connectivity index (χ0n) is 14.7. The second-order valence-electron chi connectivity index (χ2n) is 6.21. The molecule has 138 valence electrons. The third-order valence-corrected chi connectivity index (χ3v) is 5.08. The molecule has 6 nitrogen and oxygen atoms in total. The number of benzene rings is 1. The maximum Gasteiger partial charge on any atom is 0.231 e. The summed E-state index contributed by atoms with van der Waals surface area (Å²) in [4.78, 5) is 9.41. The highest BCUT2D eigenvalue weighted by molar-refractivity contribution is 8.93. The quantitative estimate of drug-likeness (QED) is 0.474. The molecule has 0 saturated carbocycles. The van der Waals surface area contributed by atoms with E-state index in [1.807, 2.05) is 36.7 Å². The molecule has 0 bridgehead atoms. The van der Waals surface area contributed by atoms with Crippen LogP contribution in [0, 0.1) is 13.8 Å². The monoisotopic (exact) mass is 444 g/mol. The van der Waals surface area contributed by atoms with Gasteiger partial charge in [0.1, 0.15) is 11.3 Å². The smallest absolute Gasteiger partial charge is 0.231 e. The topological polar surface area (TPSA) is 60.7 Å². The van der Waals surface area contributed by atoms with Gasteiger partial charge in [-0.2, -0.15) is 0 Å². The van der Waals surface area contributed by atoms with Gasteiger partial charge in [0.15, 0.2) is 16.6 Å². The van der Waals surface area contributed by atoms with Crippen molar-refractivity contribution in [2.24, 2.45) is 0 Å². The van der Waals surface area contributed by atoms with Crippen molar-refractivity contribution in [3.63, 3.8) is 0 Å². The number of aryl methyl sites for hydroxylation is 2. The van der Waals surface area contributed by atoms with Crippen molar-refractivity contribution >= 4 is 44.8 Å². The second kappa shape index (κ2) is 6.86. The van der Waals surface area contributed by atoms with Crippen LogP contribution in [0.25, 0.3) is 17.0 Å². The molecule has 3 aromatic heterocycles. The Balaban J connectivity index is 0.00000180. The summed E-state index contributed by atoms with van der Waals surface area (Å²) in [6, 6.07) is 9.93. The van der Waals surface area contributed by atoms with Gasteiger partial charge in [-0.3, -0.25) is 4.40 Å². The van der Waals surface area contributed by atoms with E-state index >= 15 is 0 Å². The fourth-order valence-electron chi connectivity index (χ4n) is 3.11. The average Bonchev–Trinajstić information content (AvgIpc) is 3.32. The molecule has 5 rings (SSSR count). The van der Waals surface area contributed by atoms with E-state index in [1.54, 1.807) is 11.3 Å². The summed E-state index contributed by atoms with van der Waals surface area (Å²) in [5.74, 6) is 1.52. The molecule has 1 aliphatic heterocycles. The molecule has 1 N–H and O–H groups in total. The van der Waals surface area contributed by atoms with Crippen LogP contribution in [-0.2, 0) is 0 Å². The van der Waals surface area contributed by atoms with Gasteiger partial charge in [-0.25, -0.2) is 9.97 Å². The van der Waals surface area contributed by atoms with Crippen LogP contribution in [-0.4, -0.2) is 21.2 Å². The van der Waals surface area contributed by atoms with E-state index in [2.05, 4.69) is 33.8 Å². The van der Waals surface area contributed by atoms with Crippen LogP contribution in [0.1, 0.15) is 11.3 Å². The highest BCUT2D eigenvalue weighted by Crippen LogP contribution is 2.36. The first-order valence-electron chi connectivity index (χ1n) is 8.25. The number of aromatic nitrogens is 3. The third kappa shape index (κ3) is 3.15. The molecule has 0 fully saturated rings. The number of hydrogen-bond acceptors (Lipinski definition) is 6. The lowest BCUT2D eigenvalue weighted by atomic mass is 10.2. The minimum Gasteiger partial charge on any atom is -0.454 e. The fraction of sp³-hybridized carbons (Fsp3) is 0.158. The van der Waals surface area contributed by atoms with Crippen molar-refractivity contribution in [2.75, 3.05) is 12.1 Å². The second-order valence-corrected chi connectivity index (χ2v) is 7.07. The lowest BCUT2D eigenvalue weighted by molar-refractivity contribution is 0.174. The molecule has 1 aromatic carbocycles. The number of pyridine rings is 1. The summed E-state index contributed by atoms with van der Waals surface area (Å²) >= 11 is 1.56. The van der Waals surface area contributed by atoms with E-state index in [-0.39, 0.29) is 23.8 Å². The Labute approximate surface area is 170 Å². The SMILES string of the molecule is Br.Cc1ccn2c(-c3csc(Nc4ccc5c(c4)OCO5)n3)c(C)nc2c1. The molecule has 0 atom stereocenters. The first kappa shape index (κ1) is 17.8. The number of thiazole rings is 1. The fourth-order valence-corrected chi connectivity index (χ4v) is 3.83. The van der Waals surface area contributed by atoms with E-state index in [1.165, 1.54) is 5.56 Å². The molecule has 0 radical (unpaired) electrons. The summed E-state index contributed by atoms with van der Waals surface area (Å²) < 4.78 is 12.9. The van der Waals surface area contributed by atoms with Gasteiger partial charge in [-0.15, -0.1) is 28.3 Å². The van der Waals surface area contributed by atoms with Crippen molar-refractivity contribution < 1.29 is 9.47 Å². The van der Waals surface area contributed by atoms with Gasteiger partial charge in [0.05, 0.1) is 11.4 Å². The zero-order chi connectivity index (χ0) is 17.7. The summed E-state index contributed by atoms with van der Waals surface area (Å²) in [5.41, 5.74) is 5.95. The first-order valence-corrected chi connectivity index (χ1v) is 9.13. The number of rotatable bonds is 3. The van der Waals surface area contributed by atoms with Crippen LogP contribution >= 0.6 is 28.3 Å². The van der Waals surface area contributed by atoms with Gasteiger partial charge < -0.3 is 14.8 Å². The Kier molecular flexibility index (Phi) is 4.53. The van der Waals surface area contributed by atoms with Crippen LogP contribution in [0.15, 0.2) is 41.9 Å². The van der Waals surface area contributed by atoms with E-state index in [0.29, 0.717) is 0 Å². The van der Waals surface area contributed by atoms with Crippen molar-refractivity contribution in [2.45, 2.75) is 13.8 Å². The number of ether oxygens (including phenoxy) is 2. The highest BCUT2D eigenvalue weighted by atomic mass is 79.9. The number of anilines is 2. The zero-order valence-corrected chi connectivity index (χ0v) is 17.3. The normalized spacial score (nSPS) is 12.2. The minimum absolute atomic E-state index is 0. The van der Waals surface area contributed by atoms with Crippen molar-refractivity contribution in [3.05, 3.63) is 53.2 Å². The number of halogens is 1. The van der Waals surface area contributed by atoms with Crippen molar-refractivity contribution in [3.8, 4) is 22.9 Å².